The molecule has 0 spiro atoms. The van der Waals surface area contributed by atoms with E-state index in [0.29, 0.717) is 17.9 Å². The lowest BCUT2D eigenvalue weighted by Gasteiger charge is -2.38. The van der Waals surface area contributed by atoms with Crippen molar-refractivity contribution in [3.63, 3.8) is 0 Å². The zero-order chi connectivity index (χ0) is 20.6. The van der Waals surface area contributed by atoms with Crippen molar-refractivity contribution in [1.29, 1.82) is 0 Å². The molecular weight excluding hydrogens is 362 g/mol. The minimum atomic E-state index is -0.273. The van der Waals surface area contributed by atoms with Crippen LogP contribution in [0.3, 0.4) is 0 Å². The Balaban J connectivity index is 1.51. The highest BCUT2D eigenvalue weighted by atomic mass is 19.1. The summed E-state index contributed by atoms with van der Waals surface area (Å²) in [6, 6.07) is 5.47. The van der Waals surface area contributed by atoms with E-state index >= 15 is 0 Å². The van der Waals surface area contributed by atoms with Crippen LogP contribution in [0.1, 0.15) is 114 Å². The Labute approximate surface area is 177 Å². The van der Waals surface area contributed by atoms with E-state index in [-0.39, 0.29) is 11.6 Å². The number of hydrogen-bond acceptors (Lipinski definition) is 0. The summed E-state index contributed by atoms with van der Waals surface area (Å²) in [5.41, 5.74) is 1.50. The van der Waals surface area contributed by atoms with Gasteiger partial charge in [0.25, 0.3) is 0 Å². The van der Waals surface area contributed by atoms with Crippen LogP contribution < -0.4 is 0 Å². The maximum atomic E-state index is 14.5. The zero-order valence-electron chi connectivity index (χ0n) is 18.6. The van der Waals surface area contributed by atoms with Crippen molar-refractivity contribution in [3.05, 3.63) is 41.0 Å². The van der Waals surface area contributed by atoms with E-state index in [9.17, 15) is 8.78 Å². The van der Waals surface area contributed by atoms with Crippen molar-refractivity contribution in [2.24, 2.45) is 17.8 Å². The standard InChI is InChI=1S/C27H40F2/c1-3-5-7-26(28)18-25-17-16-24(19-27(25)29)23-14-12-22(13-15-23)21-10-8-20(6-4-2)9-11-21/h16-23H,3-15H2,1-2H3. The van der Waals surface area contributed by atoms with Crippen LogP contribution in [-0.4, -0.2) is 0 Å². The Bertz CT molecular complexity index is 647. The largest absolute Gasteiger partial charge is 0.212 e. The summed E-state index contributed by atoms with van der Waals surface area (Å²) in [6.45, 7) is 4.34. The Hall–Kier alpha value is -1.18. The molecule has 0 N–H and O–H groups in total. The lowest BCUT2D eigenvalue weighted by Crippen LogP contribution is -2.25. The van der Waals surface area contributed by atoms with Gasteiger partial charge in [-0.25, -0.2) is 8.78 Å². The second-order valence-electron chi connectivity index (χ2n) is 9.66. The van der Waals surface area contributed by atoms with E-state index in [1.54, 1.807) is 12.1 Å². The molecule has 2 fully saturated rings. The number of hydrogen-bond donors (Lipinski definition) is 0. The molecule has 1 aromatic carbocycles. The molecule has 29 heavy (non-hydrogen) atoms. The highest BCUT2D eigenvalue weighted by Gasteiger charge is 2.31. The van der Waals surface area contributed by atoms with Crippen molar-refractivity contribution >= 4 is 6.08 Å². The van der Waals surface area contributed by atoms with Gasteiger partial charge in [0.15, 0.2) is 0 Å². The van der Waals surface area contributed by atoms with Crippen molar-refractivity contribution in [2.45, 2.75) is 103 Å². The molecule has 2 heteroatoms. The van der Waals surface area contributed by atoms with Gasteiger partial charge in [0.2, 0.25) is 0 Å². The van der Waals surface area contributed by atoms with Crippen LogP contribution in [0.25, 0.3) is 6.08 Å². The Morgan fingerprint density at radius 1 is 0.931 bits per heavy atom. The van der Waals surface area contributed by atoms with Gasteiger partial charge in [-0.2, -0.15) is 0 Å². The van der Waals surface area contributed by atoms with Gasteiger partial charge >= 0.3 is 0 Å². The van der Waals surface area contributed by atoms with Crippen molar-refractivity contribution in [3.8, 4) is 0 Å². The van der Waals surface area contributed by atoms with Gasteiger partial charge in [-0.05, 0) is 92.7 Å². The smallest absolute Gasteiger partial charge is 0.130 e. The molecule has 0 amide bonds. The minimum absolute atomic E-state index is 0.215. The predicted octanol–water partition coefficient (Wildman–Crippen LogP) is 9.21. The number of rotatable bonds is 8. The highest BCUT2D eigenvalue weighted by Crippen LogP contribution is 2.44. The van der Waals surface area contributed by atoms with Crippen LogP contribution in [0.5, 0.6) is 0 Å². The molecule has 2 aliphatic carbocycles. The van der Waals surface area contributed by atoms with Crippen molar-refractivity contribution < 1.29 is 8.78 Å². The van der Waals surface area contributed by atoms with E-state index in [4.69, 9.17) is 0 Å². The molecule has 0 heterocycles. The normalized spacial score (nSPS) is 28.5. The maximum absolute atomic E-state index is 14.5. The molecule has 0 bridgehead atoms. The van der Waals surface area contributed by atoms with E-state index < -0.39 is 0 Å². The molecule has 0 nitrogen and oxygen atoms in total. The molecule has 2 aliphatic rings. The first-order valence-electron chi connectivity index (χ1n) is 12.3. The molecule has 2 saturated carbocycles. The topological polar surface area (TPSA) is 0 Å². The lowest BCUT2D eigenvalue weighted by molar-refractivity contribution is 0.156. The Morgan fingerprint density at radius 2 is 1.59 bits per heavy atom. The predicted molar refractivity (Wildman–Crippen MR) is 120 cm³/mol. The fourth-order valence-corrected chi connectivity index (χ4v) is 5.78. The average Bonchev–Trinajstić information content (AvgIpc) is 2.75. The van der Waals surface area contributed by atoms with Crippen molar-refractivity contribution in [2.75, 3.05) is 0 Å². The van der Waals surface area contributed by atoms with E-state index in [1.165, 1.54) is 70.3 Å². The molecule has 1 aromatic rings. The van der Waals surface area contributed by atoms with Gasteiger partial charge in [0.05, 0.1) is 0 Å². The lowest BCUT2D eigenvalue weighted by atomic mass is 9.68. The SMILES string of the molecule is CCCCC(F)=Cc1ccc(C2CCC(C3CCC(CCC)CC3)CC2)cc1F. The highest BCUT2D eigenvalue weighted by molar-refractivity contribution is 5.52. The number of halogens is 2. The van der Waals surface area contributed by atoms with E-state index in [1.807, 2.05) is 13.0 Å². The third-order valence-electron chi connectivity index (χ3n) is 7.60. The zero-order valence-corrected chi connectivity index (χ0v) is 18.6. The Morgan fingerprint density at radius 3 is 2.17 bits per heavy atom. The van der Waals surface area contributed by atoms with Crippen LogP contribution in [0.2, 0.25) is 0 Å². The fraction of sp³-hybridized carbons (Fsp3) is 0.704. The van der Waals surface area contributed by atoms with Crippen LogP contribution in [0.4, 0.5) is 8.78 Å². The van der Waals surface area contributed by atoms with Gasteiger partial charge in [-0.3, -0.25) is 0 Å². The van der Waals surface area contributed by atoms with Crippen LogP contribution >= 0.6 is 0 Å². The fourth-order valence-electron chi connectivity index (χ4n) is 5.78. The molecule has 0 aromatic heterocycles. The quantitative estimate of drug-likeness (QED) is 0.406. The number of benzene rings is 1. The second-order valence-corrected chi connectivity index (χ2v) is 9.66. The first-order valence-corrected chi connectivity index (χ1v) is 12.3. The monoisotopic (exact) mass is 402 g/mol. The van der Waals surface area contributed by atoms with Gasteiger partial charge in [0, 0.05) is 5.56 Å². The van der Waals surface area contributed by atoms with Crippen LogP contribution in [0, 0.1) is 23.6 Å². The minimum Gasteiger partial charge on any atom is -0.212 e. The Kier molecular flexibility index (Phi) is 8.75. The first-order chi connectivity index (χ1) is 14.1. The summed E-state index contributed by atoms with van der Waals surface area (Å²) >= 11 is 0. The second kappa shape index (κ2) is 11.3. The summed E-state index contributed by atoms with van der Waals surface area (Å²) in [6.07, 6.45) is 17.0. The van der Waals surface area contributed by atoms with Crippen LogP contribution in [0.15, 0.2) is 24.0 Å². The third-order valence-corrected chi connectivity index (χ3v) is 7.60. The van der Waals surface area contributed by atoms with Crippen LogP contribution in [-0.2, 0) is 0 Å². The van der Waals surface area contributed by atoms with E-state index in [0.717, 1.165) is 36.2 Å². The molecule has 0 atom stereocenters. The van der Waals surface area contributed by atoms with E-state index in [2.05, 4.69) is 6.92 Å². The molecule has 0 saturated heterocycles. The summed E-state index contributed by atoms with van der Waals surface area (Å²) in [5.74, 6) is 2.78. The van der Waals surface area contributed by atoms with Gasteiger partial charge in [-0.1, -0.05) is 58.1 Å². The molecule has 0 aliphatic heterocycles. The number of unbranched alkanes of at least 4 members (excludes halogenated alkanes) is 1. The third kappa shape index (κ3) is 6.40. The first kappa shape index (κ1) is 22.5. The maximum Gasteiger partial charge on any atom is 0.130 e. The van der Waals surface area contributed by atoms with Gasteiger partial charge in [0.1, 0.15) is 11.6 Å². The summed E-state index contributed by atoms with van der Waals surface area (Å²) in [5, 5.41) is 0. The average molecular weight is 403 g/mol. The summed E-state index contributed by atoms with van der Waals surface area (Å²) in [4.78, 5) is 0. The molecule has 162 valence electrons. The molecule has 3 rings (SSSR count). The van der Waals surface area contributed by atoms with Gasteiger partial charge in [-0.15, -0.1) is 0 Å². The van der Waals surface area contributed by atoms with Crippen molar-refractivity contribution in [1.82, 2.24) is 0 Å². The molecule has 0 radical (unpaired) electrons. The summed E-state index contributed by atoms with van der Waals surface area (Å²) in [7, 11) is 0. The molecule has 0 unspecified atom stereocenters. The summed E-state index contributed by atoms with van der Waals surface area (Å²) < 4.78 is 28.4. The van der Waals surface area contributed by atoms with Gasteiger partial charge < -0.3 is 0 Å². The number of allylic oxidation sites excluding steroid dienone is 1. The molecular formula is C27H40F2.